The van der Waals surface area contributed by atoms with Gasteiger partial charge >= 0.3 is 0 Å². The topological polar surface area (TPSA) is 71.2 Å². The highest BCUT2D eigenvalue weighted by molar-refractivity contribution is 8.00. The van der Waals surface area contributed by atoms with Crippen molar-refractivity contribution in [2.75, 3.05) is 119 Å². The number of rotatable bonds is 39. The second-order valence-corrected chi connectivity index (χ2v) is 27.5. The Morgan fingerprint density at radius 1 is 0.470 bits per heavy atom. The van der Waals surface area contributed by atoms with Crippen LogP contribution in [-0.4, -0.2) is 171 Å². The van der Waals surface area contributed by atoms with E-state index in [2.05, 4.69) is 161 Å². The van der Waals surface area contributed by atoms with Gasteiger partial charge < -0.3 is 30.2 Å². The molecule has 0 aliphatic heterocycles. The predicted octanol–water partition coefficient (Wildman–Crippen LogP) is 11.5. The van der Waals surface area contributed by atoms with Crippen molar-refractivity contribution >= 4 is 58.9 Å². The number of hydrogen-bond acceptors (Lipinski definition) is 10. The zero-order chi connectivity index (χ0) is 48.7. The summed E-state index contributed by atoms with van der Waals surface area (Å²) in [5, 5.41) is 9.38. The average molecular weight is 1000 g/mol. The lowest BCUT2D eigenvalue weighted by molar-refractivity contribution is -0.126. The minimum atomic E-state index is 0.185. The number of carbonyl (C=O) groups excluding carboxylic acids is 2. The van der Waals surface area contributed by atoms with Crippen LogP contribution in [0.15, 0.2) is 0 Å². The first-order valence-electron chi connectivity index (χ1n) is 27.2. The van der Waals surface area contributed by atoms with E-state index in [0.717, 1.165) is 112 Å². The first kappa shape index (κ1) is 62.3. The molecule has 0 aromatic carbocycles. The molecule has 8 unspecified atom stereocenters. The summed E-state index contributed by atoms with van der Waals surface area (Å²) in [7, 11) is 17.4. The quantitative estimate of drug-likeness (QED) is 0.0582. The van der Waals surface area contributed by atoms with Gasteiger partial charge in [0.15, 0.2) is 0 Å². The smallest absolute Gasteiger partial charge is 0.223 e. The highest BCUT2D eigenvalue weighted by Crippen LogP contribution is 2.42. The normalized spacial score (nSPS) is 22.6. The van der Waals surface area contributed by atoms with Crippen molar-refractivity contribution in [2.24, 2.45) is 35.5 Å². The minimum absolute atomic E-state index is 0.185. The van der Waals surface area contributed by atoms with Gasteiger partial charge in [0.05, 0.1) is 0 Å². The van der Waals surface area contributed by atoms with Gasteiger partial charge in [-0.05, 0) is 157 Å². The van der Waals surface area contributed by atoms with Gasteiger partial charge in [-0.2, -0.15) is 47.0 Å². The molecule has 66 heavy (non-hydrogen) atoms. The van der Waals surface area contributed by atoms with Gasteiger partial charge in [-0.25, -0.2) is 0 Å². The van der Waals surface area contributed by atoms with Crippen molar-refractivity contribution < 1.29 is 9.59 Å². The van der Waals surface area contributed by atoms with Gasteiger partial charge in [0.1, 0.15) is 0 Å². The molecule has 0 aromatic heterocycles. The van der Waals surface area contributed by atoms with Crippen LogP contribution in [0.2, 0.25) is 0 Å². The van der Waals surface area contributed by atoms with Crippen LogP contribution in [-0.2, 0) is 9.59 Å². The van der Waals surface area contributed by atoms with Gasteiger partial charge in [0, 0.05) is 95.1 Å². The van der Waals surface area contributed by atoms with E-state index in [-0.39, 0.29) is 11.8 Å². The highest BCUT2D eigenvalue weighted by atomic mass is 32.2. The first-order valence-corrected chi connectivity index (χ1v) is 31.4. The lowest BCUT2D eigenvalue weighted by atomic mass is 9.78. The Bertz CT molecular complexity index is 1120. The van der Waals surface area contributed by atoms with E-state index in [4.69, 9.17) is 0 Å². The Hall–Kier alpha value is 0.180. The molecule has 0 spiro atoms. The number of nitrogens with zero attached hydrogens (tertiary/aromatic N) is 4. The van der Waals surface area contributed by atoms with E-state index in [0.29, 0.717) is 34.2 Å². The molecule has 2 amide bonds. The Kier molecular flexibility index (Phi) is 35.8. The zero-order valence-corrected chi connectivity index (χ0v) is 48.5. The van der Waals surface area contributed by atoms with Crippen molar-refractivity contribution in [1.82, 2.24) is 30.2 Å². The van der Waals surface area contributed by atoms with Gasteiger partial charge in [0.25, 0.3) is 0 Å². The van der Waals surface area contributed by atoms with Crippen molar-refractivity contribution in [3.05, 3.63) is 0 Å². The number of unbranched alkanes of at least 4 members (excludes halogenated alkanes) is 9. The van der Waals surface area contributed by atoms with E-state index in [1.54, 1.807) is 0 Å². The molecule has 0 aromatic rings. The molecule has 0 bridgehead atoms. The van der Waals surface area contributed by atoms with Gasteiger partial charge in [0.2, 0.25) is 11.8 Å². The summed E-state index contributed by atoms with van der Waals surface area (Å²) in [6.07, 6.45) is 24.3. The molecule has 0 radical (unpaired) electrons. The monoisotopic (exact) mass is 1000 g/mol. The summed E-state index contributed by atoms with van der Waals surface area (Å²) in [5.74, 6) is 8.64. The van der Waals surface area contributed by atoms with E-state index in [9.17, 15) is 9.59 Å². The Labute approximate surface area is 427 Å². The molecule has 0 saturated heterocycles. The van der Waals surface area contributed by atoms with E-state index in [1.165, 1.54) is 101 Å². The van der Waals surface area contributed by atoms with Crippen LogP contribution in [0.5, 0.6) is 0 Å². The molecule has 12 heteroatoms. The predicted molar refractivity (Wildman–Crippen MR) is 301 cm³/mol. The lowest BCUT2D eigenvalue weighted by Crippen LogP contribution is -2.38. The molecule has 2 N–H and O–H groups in total. The summed E-state index contributed by atoms with van der Waals surface area (Å²) in [4.78, 5) is 35.9. The average Bonchev–Trinajstić information content (AvgIpc) is 3.25. The van der Waals surface area contributed by atoms with Gasteiger partial charge in [-0.15, -0.1) is 0 Å². The van der Waals surface area contributed by atoms with Crippen LogP contribution in [0.3, 0.4) is 0 Å². The summed E-state index contributed by atoms with van der Waals surface area (Å²) < 4.78 is 0. The Morgan fingerprint density at radius 2 is 0.788 bits per heavy atom. The molecule has 8 nitrogen and oxygen atoms in total. The van der Waals surface area contributed by atoms with Gasteiger partial charge in [-0.1, -0.05) is 79.1 Å². The minimum Gasteiger partial charge on any atom is -0.356 e. The maximum absolute atomic E-state index is 13.4. The molecule has 0 heterocycles. The third kappa shape index (κ3) is 29.5. The summed E-state index contributed by atoms with van der Waals surface area (Å²) in [5.41, 5.74) is 0. The summed E-state index contributed by atoms with van der Waals surface area (Å²) >= 11 is 8.63. The molecule has 2 saturated carbocycles. The first-order chi connectivity index (χ1) is 31.6. The fourth-order valence-electron chi connectivity index (χ4n) is 9.83. The SMILES string of the molecule is CC(C)C(CCC1CCC(C(=O)NCCCCCCCCCCCCNC(=O)C2CCC(CCC(SCCN(C)C)C(C)C)C(SCCN(C)C)C2)CC1SCCN(C)C)SCCN(C)C. The van der Waals surface area contributed by atoms with Crippen LogP contribution >= 0.6 is 47.0 Å². The maximum atomic E-state index is 13.4. The highest BCUT2D eigenvalue weighted by Gasteiger charge is 2.36. The number of thioether (sulfide) groups is 4. The molecule has 2 aliphatic carbocycles. The molecule has 8 atom stereocenters. The van der Waals surface area contributed by atoms with Crippen molar-refractivity contribution in [2.45, 2.75) is 177 Å². The fraction of sp³-hybridized carbons (Fsp3) is 0.963. The molecule has 2 aliphatic rings. The van der Waals surface area contributed by atoms with Crippen LogP contribution in [0.25, 0.3) is 0 Å². The Balaban J connectivity index is 1.59. The third-order valence-electron chi connectivity index (χ3n) is 14.4. The van der Waals surface area contributed by atoms with Crippen LogP contribution in [0.4, 0.5) is 0 Å². The molecule has 2 rings (SSSR count). The van der Waals surface area contributed by atoms with E-state index >= 15 is 0 Å². The fourth-order valence-corrected chi connectivity index (χ4v) is 16.1. The van der Waals surface area contributed by atoms with E-state index in [1.807, 2.05) is 0 Å². The number of hydrogen-bond donors (Lipinski definition) is 2. The Morgan fingerprint density at radius 3 is 1.11 bits per heavy atom. The number of amides is 2. The van der Waals surface area contributed by atoms with Crippen molar-refractivity contribution in [3.63, 3.8) is 0 Å². The van der Waals surface area contributed by atoms with Gasteiger partial charge in [-0.3, -0.25) is 9.59 Å². The molecule has 2 fully saturated rings. The van der Waals surface area contributed by atoms with Crippen LogP contribution < -0.4 is 10.6 Å². The van der Waals surface area contributed by atoms with Crippen LogP contribution in [0.1, 0.15) is 156 Å². The summed E-state index contributed by atoms with van der Waals surface area (Å²) in [6.45, 7) is 15.8. The standard InChI is InChI=1S/C54H108N6O2S4/c1-43(2)49(63-37-33-57(5)6)29-27-45-23-25-47(41-51(45)65-39-35-59(9)10)53(61)55-31-21-19-17-15-13-14-16-18-20-22-32-56-54(62)48-26-24-46(52(42-48)66-40-36-60(11)12)28-30-50(44(3)4)64-38-34-58(7)8/h43-52H,13-42H2,1-12H3,(H,55,61)(H,56,62). The van der Waals surface area contributed by atoms with Crippen molar-refractivity contribution in [1.29, 1.82) is 0 Å². The van der Waals surface area contributed by atoms with E-state index < -0.39 is 0 Å². The summed E-state index contributed by atoms with van der Waals surface area (Å²) in [6, 6.07) is 0. The number of carbonyl (C=O) groups is 2. The maximum Gasteiger partial charge on any atom is 0.223 e. The lowest BCUT2D eigenvalue weighted by Gasteiger charge is -2.36. The third-order valence-corrected chi connectivity index (χ3v) is 20.5. The van der Waals surface area contributed by atoms with Crippen molar-refractivity contribution in [3.8, 4) is 0 Å². The molecule has 390 valence electrons. The number of nitrogens with one attached hydrogen (secondary N) is 2. The molecular weight excluding hydrogens is 893 g/mol. The van der Waals surface area contributed by atoms with Crippen LogP contribution in [0, 0.1) is 35.5 Å². The second kappa shape index (κ2) is 37.9. The molecular formula is C54H108N6O2S4. The second-order valence-electron chi connectivity index (χ2n) is 22.2. The largest absolute Gasteiger partial charge is 0.356 e. The zero-order valence-electron chi connectivity index (χ0n) is 45.2.